The van der Waals surface area contributed by atoms with Crippen LogP contribution in [0.3, 0.4) is 0 Å². The van der Waals surface area contributed by atoms with Crippen LogP contribution in [0.2, 0.25) is 0 Å². The van der Waals surface area contributed by atoms with Gasteiger partial charge < -0.3 is 20.5 Å². The van der Waals surface area contributed by atoms with Gasteiger partial charge in [0.05, 0.1) is 13.2 Å². The number of amides is 2. The number of aromatic nitrogens is 2. The second kappa shape index (κ2) is 7.52. The van der Waals surface area contributed by atoms with Crippen molar-refractivity contribution in [3.63, 3.8) is 0 Å². The molecule has 158 valence electrons. The average Bonchev–Trinajstić information content (AvgIpc) is 2.72. The van der Waals surface area contributed by atoms with Crippen LogP contribution in [0.15, 0.2) is 23.0 Å². The first-order chi connectivity index (χ1) is 14.4. The Morgan fingerprint density at radius 1 is 1.33 bits per heavy atom. The van der Waals surface area contributed by atoms with Gasteiger partial charge >= 0.3 is 0 Å². The highest BCUT2D eigenvalue weighted by Crippen LogP contribution is 2.45. The first-order valence-electron chi connectivity index (χ1n) is 9.63. The topological polar surface area (TPSA) is 123 Å². The molecule has 4 rings (SSSR count). The molecule has 1 saturated carbocycles. The van der Waals surface area contributed by atoms with E-state index in [4.69, 9.17) is 4.74 Å². The Labute approximate surface area is 170 Å². The fourth-order valence-electron chi connectivity index (χ4n) is 3.83. The number of halogens is 1. The first kappa shape index (κ1) is 20.0. The summed E-state index contributed by atoms with van der Waals surface area (Å²) in [6.45, 7) is 0.471. The monoisotopic (exact) mass is 416 g/mol. The van der Waals surface area contributed by atoms with Crippen LogP contribution in [0.1, 0.15) is 51.5 Å². The Kier molecular flexibility index (Phi) is 5.02. The van der Waals surface area contributed by atoms with Crippen LogP contribution in [0.4, 0.5) is 4.39 Å². The summed E-state index contributed by atoms with van der Waals surface area (Å²) in [5.74, 6) is -2.26. The van der Waals surface area contributed by atoms with E-state index < -0.39 is 40.2 Å². The molecular weight excluding hydrogens is 395 g/mol. The molecule has 2 amide bonds. The van der Waals surface area contributed by atoms with Gasteiger partial charge in [0.2, 0.25) is 5.75 Å². The van der Waals surface area contributed by atoms with E-state index in [9.17, 15) is 23.9 Å². The van der Waals surface area contributed by atoms with Gasteiger partial charge in [0.15, 0.2) is 5.69 Å². The molecule has 2 aliphatic rings. The Balaban J connectivity index is 1.63. The van der Waals surface area contributed by atoms with Crippen molar-refractivity contribution in [3.8, 4) is 5.75 Å². The molecule has 0 bridgehead atoms. The molecule has 0 unspecified atom stereocenters. The Morgan fingerprint density at radius 3 is 2.77 bits per heavy atom. The highest BCUT2D eigenvalue weighted by molar-refractivity contribution is 5.96. The molecule has 9 nitrogen and oxygen atoms in total. The lowest BCUT2D eigenvalue weighted by atomic mass is 9.78. The van der Waals surface area contributed by atoms with E-state index in [1.807, 2.05) is 0 Å². The van der Waals surface area contributed by atoms with E-state index in [1.165, 1.54) is 23.7 Å². The maximum Gasteiger partial charge on any atom is 0.296 e. The number of nitrogens with one attached hydrogen (secondary N) is 2. The molecule has 2 aromatic rings. The number of ether oxygens (including phenoxy) is 1. The van der Waals surface area contributed by atoms with Crippen molar-refractivity contribution in [2.75, 3.05) is 13.7 Å². The summed E-state index contributed by atoms with van der Waals surface area (Å²) in [6, 6.07) is 3.62. The van der Waals surface area contributed by atoms with E-state index in [-0.39, 0.29) is 18.7 Å². The van der Waals surface area contributed by atoms with Crippen LogP contribution < -0.4 is 16.2 Å². The molecule has 1 aromatic heterocycles. The van der Waals surface area contributed by atoms with Crippen molar-refractivity contribution in [3.05, 3.63) is 57.0 Å². The van der Waals surface area contributed by atoms with Crippen molar-refractivity contribution in [1.29, 1.82) is 0 Å². The predicted octanol–water partition coefficient (Wildman–Crippen LogP) is 0.787. The highest BCUT2D eigenvalue weighted by atomic mass is 19.1. The van der Waals surface area contributed by atoms with Gasteiger partial charge in [-0.1, -0.05) is 6.07 Å². The molecule has 2 heterocycles. The molecule has 0 radical (unpaired) electrons. The number of nitrogens with zero attached hydrogens (tertiary/aromatic N) is 2. The van der Waals surface area contributed by atoms with E-state index in [1.54, 1.807) is 0 Å². The molecular formula is C20H21FN4O5. The van der Waals surface area contributed by atoms with Gasteiger partial charge in [0.1, 0.15) is 17.2 Å². The lowest BCUT2D eigenvalue weighted by molar-refractivity contribution is -0.134. The van der Waals surface area contributed by atoms with Crippen molar-refractivity contribution >= 4 is 11.8 Å². The van der Waals surface area contributed by atoms with E-state index in [2.05, 4.69) is 15.6 Å². The Hall–Kier alpha value is -3.27. The minimum Gasteiger partial charge on any atom is -0.501 e. The second-order valence-electron chi connectivity index (χ2n) is 7.35. The number of rotatable bonds is 4. The first-order valence-corrected chi connectivity index (χ1v) is 9.63. The minimum absolute atomic E-state index is 0.0716. The summed E-state index contributed by atoms with van der Waals surface area (Å²) in [5.41, 5.74) is -1.33. The zero-order valence-corrected chi connectivity index (χ0v) is 16.3. The maximum atomic E-state index is 13.5. The van der Waals surface area contributed by atoms with Crippen molar-refractivity contribution < 1.29 is 23.8 Å². The number of carbonyl (C=O) groups excluding carboxylic acids is 2. The fraction of sp³-hybridized carbons (Fsp3) is 0.400. The van der Waals surface area contributed by atoms with E-state index in [0.29, 0.717) is 30.8 Å². The van der Waals surface area contributed by atoms with Crippen molar-refractivity contribution in [2.24, 2.45) is 0 Å². The number of benzene rings is 1. The van der Waals surface area contributed by atoms with Gasteiger partial charge in [-0.15, -0.1) is 0 Å². The lowest BCUT2D eigenvalue weighted by Gasteiger charge is -2.44. The standard InChI is InChI=1S/C20H21FN4O5/c1-22-16(27)13-9-12(21)4-3-11(13)10-23-17(28)14-15(26)18(29)25-7-8-30-20(5-2-6-20)19(25)24-14/h3-4,9,26H,2,5-8,10H2,1H3,(H,22,27)(H,23,28). The third kappa shape index (κ3) is 3.22. The molecule has 30 heavy (non-hydrogen) atoms. The summed E-state index contributed by atoms with van der Waals surface area (Å²) in [5, 5.41) is 15.2. The van der Waals surface area contributed by atoms with E-state index in [0.717, 1.165) is 12.5 Å². The third-order valence-electron chi connectivity index (χ3n) is 5.61. The quantitative estimate of drug-likeness (QED) is 0.677. The fourth-order valence-corrected chi connectivity index (χ4v) is 3.83. The summed E-state index contributed by atoms with van der Waals surface area (Å²) in [7, 11) is 1.41. The Bertz CT molecular complexity index is 1090. The molecule has 1 aliphatic heterocycles. The van der Waals surface area contributed by atoms with Gasteiger partial charge in [-0.05, 0) is 37.0 Å². The van der Waals surface area contributed by atoms with Gasteiger partial charge in [-0.2, -0.15) is 0 Å². The largest absolute Gasteiger partial charge is 0.501 e. The molecule has 1 spiro atoms. The lowest BCUT2D eigenvalue weighted by Crippen LogP contribution is -2.49. The molecule has 1 aromatic carbocycles. The summed E-state index contributed by atoms with van der Waals surface area (Å²) in [4.78, 5) is 41.6. The molecule has 10 heteroatoms. The van der Waals surface area contributed by atoms with Crippen LogP contribution in [0, 0.1) is 5.82 Å². The smallest absolute Gasteiger partial charge is 0.296 e. The number of hydrogen-bond acceptors (Lipinski definition) is 6. The number of carbonyl (C=O) groups is 2. The third-order valence-corrected chi connectivity index (χ3v) is 5.61. The van der Waals surface area contributed by atoms with Crippen LogP contribution in [0.5, 0.6) is 5.75 Å². The second-order valence-corrected chi connectivity index (χ2v) is 7.35. The normalized spacial score (nSPS) is 16.5. The van der Waals surface area contributed by atoms with Crippen LogP contribution in [-0.2, 0) is 23.4 Å². The van der Waals surface area contributed by atoms with Crippen molar-refractivity contribution in [2.45, 2.75) is 38.0 Å². The van der Waals surface area contributed by atoms with E-state index >= 15 is 0 Å². The Morgan fingerprint density at radius 2 is 2.10 bits per heavy atom. The predicted molar refractivity (Wildman–Crippen MR) is 103 cm³/mol. The van der Waals surface area contributed by atoms with Crippen LogP contribution >= 0.6 is 0 Å². The summed E-state index contributed by atoms with van der Waals surface area (Å²) in [6.07, 6.45) is 2.30. The average molecular weight is 416 g/mol. The molecule has 0 atom stereocenters. The van der Waals surface area contributed by atoms with Crippen molar-refractivity contribution in [1.82, 2.24) is 20.2 Å². The van der Waals surface area contributed by atoms with Gasteiger partial charge in [-0.25, -0.2) is 9.37 Å². The SMILES string of the molecule is CNC(=O)c1cc(F)ccc1CNC(=O)c1nc2n(c(=O)c1O)CCOC21CCC1. The van der Waals surface area contributed by atoms with Gasteiger partial charge in [0, 0.05) is 19.2 Å². The molecule has 0 saturated heterocycles. The molecule has 1 aliphatic carbocycles. The van der Waals surface area contributed by atoms with Gasteiger partial charge in [-0.3, -0.25) is 19.0 Å². The zero-order valence-electron chi connectivity index (χ0n) is 16.3. The number of hydrogen-bond donors (Lipinski definition) is 3. The molecule has 3 N–H and O–H groups in total. The summed E-state index contributed by atoms with van der Waals surface area (Å²) >= 11 is 0. The zero-order chi connectivity index (χ0) is 21.5. The highest BCUT2D eigenvalue weighted by Gasteiger charge is 2.46. The molecule has 1 fully saturated rings. The summed E-state index contributed by atoms with van der Waals surface area (Å²) < 4.78 is 20.7. The van der Waals surface area contributed by atoms with Crippen LogP contribution in [0.25, 0.3) is 0 Å². The minimum atomic E-state index is -0.778. The number of aromatic hydroxyl groups is 1. The van der Waals surface area contributed by atoms with Gasteiger partial charge in [0.25, 0.3) is 17.4 Å². The maximum absolute atomic E-state index is 13.5. The number of fused-ring (bicyclic) bond motifs is 2. The van der Waals surface area contributed by atoms with Crippen LogP contribution in [-0.4, -0.2) is 40.1 Å².